The standard InChI is InChI=1S/C12H14FN3O2S/c1-17-7-6-14-12-15-11(16-18-12)8-19-10-5-3-2-4-9(10)13/h2-5H,6-8H2,1H3,(H,14,15,16). The van der Waals surface area contributed by atoms with Crippen LogP contribution in [0.1, 0.15) is 5.82 Å². The molecule has 19 heavy (non-hydrogen) atoms. The van der Waals surface area contributed by atoms with Gasteiger partial charge in [0, 0.05) is 18.6 Å². The van der Waals surface area contributed by atoms with Crippen molar-refractivity contribution in [3.8, 4) is 0 Å². The van der Waals surface area contributed by atoms with Gasteiger partial charge < -0.3 is 14.6 Å². The van der Waals surface area contributed by atoms with Gasteiger partial charge in [-0.3, -0.25) is 0 Å². The Hall–Kier alpha value is -1.60. The molecule has 1 heterocycles. The molecule has 0 aliphatic rings. The molecule has 0 spiro atoms. The highest BCUT2D eigenvalue weighted by Crippen LogP contribution is 2.24. The van der Waals surface area contributed by atoms with Crippen LogP contribution < -0.4 is 5.32 Å². The highest BCUT2D eigenvalue weighted by Gasteiger charge is 2.08. The van der Waals surface area contributed by atoms with Crippen molar-refractivity contribution in [2.45, 2.75) is 10.6 Å². The fourth-order valence-electron chi connectivity index (χ4n) is 1.35. The van der Waals surface area contributed by atoms with E-state index in [9.17, 15) is 4.39 Å². The van der Waals surface area contributed by atoms with E-state index in [2.05, 4.69) is 15.5 Å². The molecule has 0 amide bonds. The van der Waals surface area contributed by atoms with Gasteiger partial charge in [0.15, 0.2) is 5.82 Å². The van der Waals surface area contributed by atoms with Crippen LogP contribution in [0.4, 0.5) is 10.4 Å². The Morgan fingerprint density at radius 1 is 1.42 bits per heavy atom. The highest BCUT2D eigenvalue weighted by atomic mass is 32.2. The summed E-state index contributed by atoms with van der Waals surface area (Å²) in [7, 11) is 1.62. The lowest BCUT2D eigenvalue weighted by molar-refractivity contribution is 0.210. The summed E-state index contributed by atoms with van der Waals surface area (Å²) in [5.41, 5.74) is 0. The maximum Gasteiger partial charge on any atom is 0.321 e. The number of hydrogen-bond donors (Lipinski definition) is 1. The SMILES string of the molecule is COCCNc1nc(CSc2ccccc2F)no1. The van der Waals surface area contributed by atoms with E-state index in [1.807, 2.05) is 0 Å². The Kier molecular flexibility index (Phi) is 5.17. The van der Waals surface area contributed by atoms with Crippen LogP contribution in [0.3, 0.4) is 0 Å². The Morgan fingerprint density at radius 2 is 2.26 bits per heavy atom. The molecule has 5 nitrogen and oxygen atoms in total. The van der Waals surface area contributed by atoms with Crippen molar-refractivity contribution in [1.29, 1.82) is 0 Å². The number of aromatic nitrogens is 2. The van der Waals surface area contributed by atoms with Crippen molar-refractivity contribution in [1.82, 2.24) is 10.1 Å². The number of nitrogens with zero attached hydrogens (tertiary/aromatic N) is 2. The van der Waals surface area contributed by atoms with E-state index in [0.29, 0.717) is 35.6 Å². The van der Waals surface area contributed by atoms with Crippen LogP contribution in [0, 0.1) is 5.82 Å². The van der Waals surface area contributed by atoms with Crippen molar-refractivity contribution >= 4 is 17.8 Å². The van der Waals surface area contributed by atoms with Gasteiger partial charge >= 0.3 is 6.01 Å². The Bertz CT molecular complexity index is 521. The summed E-state index contributed by atoms with van der Waals surface area (Å²) < 4.78 is 23.3. The summed E-state index contributed by atoms with van der Waals surface area (Å²) in [4.78, 5) is 4.71. The van der Waals surface area contributed by atoms with Gasteiger partial charge in [-0.15, -0.1) is 11.8 Å². The van der Waals surface area contributed by atoms with Crippen LogP contribution in [-0.4, -0.2) is 30.4 Å². The predicted molar refractivity (Wildman–Crippen MR) is 70.6 cm³/mol. The molecule has 1 aromatic carbocycles. The predicted octanol–water partition coefficient (Wildman–Crippen LogP) is 2.56. The third kappa shape index (κ3) is 4.22. The third-order valence-corrected chi connectivity index (χ3v) is 3.29. The molecule has 0 radical (unpaired) electrons. The van der Waals surface area contributed by atoms with E-state index >= 15 is 0 Å². The number of methoxy groups -OCH3 is 1. The summed E-state index contributed by atoms with van der Waals surface area (Å²) in [5, 5.41) is 6.73. The number of hydrogen-bond acceptors (Lipinski definition) is 6. The van der Waals surface area contributed by atoms with Gasteiger partial charge in [-0.2, -0.15) is 4.98 Å². The molecule has 0 aliphatic carbocycles. The summed E-state index contributed by atoms with van der Waals surface area (Å²) in [5.74, 6) is 0.735. The average molecular weight is 283 g/mol. The molecule has 0 atom stereocenters. The fraction of sp³-hybridized carbons (Fsp3) is 0.333. The molecular formula is C12H14FN3O2S. The van der Waals surface area contributed by atoms with Crippen molar-refractivity contribution < 1.29 is 13.7 Å². The summed E-state index contributed by atoms with van der Waals surface area (Å²) >= 11 is 1.33. The van der Waals surface area contributed by atoms with Crippen LogP contribution >= 0.6 is 11.8 Å². The van der Waals surface area contributed by atoms with Crippen molar-refractivity contribution in [2.24, 2.45) is 0 Å². The molecular weight excluding hydrogens is 269 g/mol. The third-order valence-electron chi connectivity index (χ3n) is 2.24. The molecule has 0 fully saturated rings. The van der Waals surface area contributed by atoms with Gasteiger partial charge in [0.25, 0.3) is 0 Å². The molecule has 0 unspecified atom stereocenters. The first-order valence-corrected chi connectivity index (χ1v) is 6.71. The first-order valence-electron chi connectivity index (χ1n) is 5.72. The molecule has 1 N–H and O–H groups in total. The summed E-state index contributed by atoms with van der Waals surface area (Å²) in [6.45, 7) is 1.15. The van der Waals surface area contributed by atoms with E-state index in [0.717, 1.165) is 0 Å². The number of nitrogens with one attached hydrogen (secondary N) is 1. The quantitative estimate of drug-likeness (QED) is 0.622. The minimum Gasteiger partial charge on any atom is -0.383 e. The molecule has 0 saturated heterocycles. The normalized spacial score (nSPS) is 10.6. The second kappa shape index (κ2) is 7.10. The van der Waals surface area contributed by atoms with E-state index in [4.69, 9.17) is 9.26 Å². The minimum atomic E-state index is -0.241. The molecule has 0 saturated carbocycles. The number of ether oxygens (including phenoxy) is 1. The molecule has 1 aromatic heterocycles. The van der Waals surface area contributed by atoms with Gasteiger partial charge in [0.1, 0.15) is 5.82 Å². The first kappa shape index (κ1) is 13.8. The highest BCUT2D eigenvalue weighted by molar-refractivity contribution is 7.98. The molecule has 0 aliphatic heterocycles. The number of halogens is 1. The zero-order valence-corrected chi connectivity index (χ0v) is 11.2. The van der Waals surface area contributed by atoms with Crippen molar-refractivity contribution in [3.63, 3.8) is 0 Å². The first-order chi connectivity index (χ1) is 9.29. The fourth-order valence-corrected chi connectivity index (χ4v) is 2.13. The van der Waals surface area contributed by atoms with E-state index < -0.39 is 0 Å². The Morgan fingerprint density at radius 3 is 3.05 bits per heavy atom. The van der Waals surface area contributed by atoms with Gasteiger partial charge in [0.2, 0.25) is 0 Å². The Labute approximate surface area is 114 Å². The molecule has 2 aromatic rings. The minimum absolute atomic E-state index is 0.241. The van der Waals surface area contributed by atoms with Crippen LogP contribution in [0.5, 0.6) is 0 Å². The van der Waals surface area contributed by atoms with E-state index in [1.165, 1.54) is 17.8 Å². The molecule has 7 heteroatoms. The lowest BCUT2D eigenvalue weighted by atomic mass is 10.3. The maximum atomic E-state index is 13.4. The van der Waals surface area contributed by atoms with Crippen LogP contribution in [0.2, 0.25) is 0 Å². The topological polar surface area (TPSA) is 60.2 Å². The number of rotatable bonds is 7. The molecule has 2 rings (SSSR count). The monoisotopic (exact) mass is 283 g/mol. The number of anilines is 1. The van der Waals surface area contributed by atoms with Crippen LogP contribution in [0.25, 0.3) is 0 Å². The van der Waals surface area contributed by atoms with Gasteiger partial charge in [0.05, 0.1) is 12.4 Å². The molecule has 102 valence electrons. The summed E-state index contributed by atoms with van der Waals surface area (Å²) in [6.07, 6.45) is 0. The second-order valence-corrected chi connectivity index (χ2v) is 4.67. The van der Waals surface area contributed by atoms with Gasteiger partial charge in [-0.1, -0.05) is 17.3 Å². The van der Waals surface area contributed by atoms with E-state index in [-0.39, 0.29) is 5.82 Å². The lowest BCUT2D eigenvalue weighted by Crippen LogP contribution is -2.07. The number of benzene rings is 1. The average Bonchev–Trinajstić information content (AvgIpc) is 2.86. The maximum absolute atomic E-state index is 13.4. The number of thioether (sulfide) groups is 1. The zero-order chi connectivity index (χ0) is 13.5. The van der Waals surface area contributed by atoms with Crippen LogP contribution in [0.15, 0.2) is 33.7 Å². The van der Waals surface area contributed by atoms with Gasteiger partial charge in [-0.25, -0.2) is 4.39 Å². The van der Waals surface area contributed by atoms with Gasteiger partial charge in [-0.05, 0) is 12.1 Å². The Balaban J connectivity index is 1.85. The largest absolute Gasteiger partial charge is 0.383 e. The van der Waals surface area contributed by atoms with Crippen molar-refractivity contribution in [3.05, 3.63) is 35.9 Å². The summed E-state index contributed by atoms with van der Waals surface area (Å²) in [6, 6.07) is 6.94. The van der Waals surface area contributed by atoms with E-state index in [1.54, 1.807) is 25.3 Å². The van der Waals surface area contributed by atoms with Crippen molar-refractivity contribution in [2.75, 3.05) is 25.6 Å². The van der Waals surface area contributed by atoms with Crippen LogP contribution in [-0.2, 0) is 10.5 Å². The zero-order valence-electron chi connectivity index (χ0n) is 10.4. The second-order valence-electron chi connectivity index (χ2n) is 3.65. The molecule has 0 bridgehead atoms. The smallest absolute Gasteiger partial charge is 0.321 e. The lowest BCUT2D eigenvalue weighted by Gasteiger charge is -1.99.